The van der Waals surface area contributed by atoms with E-state index >= 15 is 0 Å². The van der Waals surface area contributed by atoms with Crippen molar-refractivity contribution in [2.45, 2.75) is 13.3 Å². The molecule has 0 atom stereocenters. The van der Waals surface area contributed by atoms with Crippen LogP contribution in [0.1, 0.15) is 29.3 Å². The Labute approximate surface area is 136 Å². The summed E-state index contributed by atoms with van der Waals surface area (Å²) in [6.07, 6.45) is 4.83. The number of hydrogen-bond acceptors (Lipinski definition) is 4. The van der Waals surface area contributed by atoms with E-state index in [1.54, 1.807) is 19.2 Å². The molecule has 0 N–H and O–H groups in total. The summed E-state index contributed by atoms with van der Waals surface area (Å²) in [5, 5.41) is 0. The van der Waals surface area contributed by atoms with Gasteiger partial charge >= 0.3 is 5.97 Å². The first-order valence-electron chi connectivity index (χ1n) is 7.90. The molecule has 0 unspecified atom stereocenters. The van der Waals surface area contributed by atoms with Crippen molar-refractivity contribution in [3.05, 3.63) is 65.9 Å². The van der Waals surface area contributed by atoms with Crippen molar-refractivity contribution >= 4 is 17.4 Å². The van der Waals surface area contributed by atoms with E-state index < -0.39 is 0 Å². The molecule has 0 aliphatic carbocycles. The first-order valence-corrected chi connectivity index (χ1v) is 7.90. The van der Waals surface area contributed by atoms with E-state index in [0.717, 1.165) is 25.3 Å². The van der Waals surface area contributed by atoms with Gasteiger partial charge in [-0.15, -0.1) is 0 Å². The van der Waals surface area contributed by atoms with Gasteiger partial charge in [0, 0.05) is 19.3 Å². The van der Waals surface area contributed by atoms with Crippen LogP contribution in [0.3, 0.4) is 0 Å². The topological polar surface area (TPSA) is 42.4 Å². The molecule has 3 rings (SSSR count). The quantitative estimate of drug-likeness (QED) is 0.810. The Bertz CT molecular complexity index is 693. The second-order valence-electron chi connectivity index (χ2n) is 5.42. The number of pyridine rings is 1. The molecule has 118 valence electrons. The Balaban J connectivity index is 1.68. The molecule has 0 saturated heterocycles. The van der Waals surface area contributed by atoms with Crippen LogP contribution in [0.5, 0.6) is 0 Å². The smallest absolute Gasteiger partial charge is 0.339 e. The van der Waals surface area contributed by atoms with Crippen LogP contribution < -0.4 is 4.90 Å². The lowest BCUT2D eigenvalue weighted by Gasteiger charge is -2.27. The van der Waals surface area contributed by atoms with E-state index in [4.69, 9.17) is 4.74 Å². The number of rotatable bonds is 4. The number of carbonyl (C=O) groups excluding carboxylic acids is 1. The molecule has 0 saturated carbocycles. The predicted octanol–water partition coefficient (Wildman–Crippen LogP) is 3.55. The lowest BCUT2D eigenvalue weighted by Crippen LogP contribution is -2.29. The number of nitrogens with zero attached hydrogens (tertiary/aromatic N) is 2. The number of aromatic nitrogens is 1. The highest BCUT2D eigenvalue weighted by molar-refractivity contribution is 5.89. The fourth-order valence-corrected chi connectivity index (χ4v) is 2.70. The Morgan fingerprint density at radius 3 is 2.65 bits per heavy atom. The molecule has 1 aromatic carbocycles. The average molecular weight is 308 g/mol. The molecular formula is C19H20N2O2. The summed E-state index contributed by atoms with van der Waals surface area (Å²) in [5.41, 5.74) is 3.16. The van der Waals surface area contributed by atoms with Gasteiger partial charge in [0.25, 0.3) is 0 Å². The van der Waals surface area contributed by atoms with Crippen LogP contribution in [0.2, 0.25) is 0 Å². The van der Waals surface area contributed by atoms with Crippen molar-refractivity contribution in [3.63, 3.8) is 0 Å². The van der Waals surface area contributed by atoms with Gasteiger partial charge < -0.3 is 9.64 Å². The largest absolute Gasteiger partial charge is 0.462 e. The molecule has 0 bridgehead atoms. The second-order valence-corrected chi connectivity index (χ2v) is 5.42. The highest BCUT2D eigenvalue weighted by Crippen LogP contribution is 2.24. The summed E-state index contributed by atoms with van der Waals surface area (Å²) in [6, 6.07) is 14.1. The minimum Gasteiger partial charge on any atom is -0.462 e. The number of hydrogen-bond donors (Lipinski definition) is 0. The number of anilines is 1. The van der Waals surface area contributed by atoms with Gasteiger partial charge in [-0.2, -0.15) is 0 Å². The van der Waals surface area contributed by atoms with E-state index in [2.05, 4.69) is 40.2 Å². The number of ether oxygens (including phenoxy) is 1. The monoisotopic (exact) mass is 308 g/mol. The van der Waals surface area contributed by atoms with Crippen molar-refractivity contribution in [1.82, 2.24) is 4.98 Å². The van der Waals surface area contributed by atoms with Crippen molar-refractivity contribution < 1.29 is 9.53 Å². The first kappa shape index (κ1) is 15.3. The van der Waals surface area contributed by atoms with Gasteiger partial charge in [0.15, 0.2) is 0 Å². The van der Waals surface area contributed by atoms with E-state index in [9.17, 15) is 4.79 Å². The zero-order chi connectivity index (χ0) is 16.1. The van der Waals surface area contributed by atoms with E-state index in [0.29, 0.717) is 12.2 Å². The lowest BCUT2D eigenvalue weighted by molar-refractivity contribution is 0.0526. The Morgan fingerprint density at radius 2 is 2.04 bits per heavy atom. The molecule has 1 aliphatic rings. The van der Waals surface area contributed by atoms with Gasteiger partial charge in [0.2, 0.25) is 0 Å². The molecule has 4 heteroatoms. The molecule has 0 fully saturated rings. The third-order valence-corrected chi connectivity index (χ3v) is 3.94. The van der Waals surface area contributed by atoms with Gasteiger partial charge in [0.1, 0.15) is 5.82 Å². The summed E-state index contributed by atoms with van der Waals surface area (Å²) in [7, 11) is 0. The third-order valence-electron chi connectivity index (χ3n) is 3.94. The van der Waals surface area contributed by atoms with Crippen LogP contribution >= 0.6 is 0 Å². The fourth-order valence-electron chi connectivity index (χ4n) is 2.70. The first-order chi connectivity index (χ1) is 11.3. The maximum Gasteiger partial charge on any atom is 0.339 e. The normalized spacial score (nSPS) is 14.3. The maximum absolute atomic E-state index is 11.6. The van der Waals surface area contributed by atoms with Crippen LogP contribution in [0, 0.1) is 0 Å². The Morgan fingerprint density at radius 1 is 1.22 bits per heavy atom. The Kier molecular flexibility index (Phi) is 4.71. The highest BCUT2D eigenvalue weighted by atomic mass is 16.5. The predicted molar refractivity (Wildman–Crippen MR) is 91.4 cm³/mol. The molecule has 1 aliphatic heterocycles. The molecule has 0 amide bonds. The summed E-state index contributed by atoms with van der Waals surface area (Å²) in [5.74, 6) is 0.567. The Hall–Kier alpha value is -2.62. The molecule has 4 nitrogen and oxygen atoms in total. The molecular weight excluding hydrogens is 288 g/mol. The zero-order valence-electron chi connectivity index (χ0n) is 13.2. The number of benzene rings is 1. The van der Waals surface area contributed by atoms with Crippen molar-refractivity contribution in [3.8, 4) is 0 Å². The summed E-state index contributed by atoms with van der Waals surface area (Å²) in [4.78, 5) is 18.3. The minimum atomic E-state index is -0.323. The van der Waals surface area contributed by atoms with Crippen LogP contribution in [0.4, 0.5) is 5.82 Å². The van der Waals surface area contributed by atoms with Crippen molar-refractivity contribution in [2.24, 2.45) is 0 Å². The molecule has 0 radical (unpaired) electrons. The van der Waals surface area contributed by atoms with E-state index in [1.807, 2.05) is 12.1 Å². The summed E-state index contributed by atoms with van der Waals surface area (Å²) < 4.78 is 4.97. The fraction of sp³-hybridized carbons (Fsp3) is 0.263. The highest BCUT2D eigenvalue weighted by Gasteiger charge is 2.15. The average Bonchev–Trinajstić information content (AvgIpc) is 2.63. The lowest BCUT2D eigenvalue weighted by atomic mass is 9.99. The van der Waals surface area contributed by atoms with Crippen LogP contribution in [-0.4, -0.2) is 30.6 Å². The van der Waals surface area contributed by atoms with Gasteiger partial charge in [0.05, 0.1) is 12.2 Å². The molecule has 23 heavy (non-hydrogen) atoms. The van der Waals surface area contributed by atoms with Crippen LogP contribution in [-0.2, 0) is 4.74 Å². The molecule has 2 aromatic rings. The van der Waals surface area contributed by atoms with E-state index in [1.165, 1.54) is 11.1 Å². The number of esters is 1. The second kappa shape index (κ2) is 7.09. The zero-order valence-corrected chi connectivity index (χ0v) is 13.2. The maximum atomic E-state index is 11.6. The summed E-state index contributed by atoms with van der Waals surface area (Å²) in [6.45, 7) is 3.92. The molecule has 1 aromatic heterocycles. The van der Waals surface area contributed by atoms with Gasteiger partial charge in [-0.25, -0.2) is 9.78 Å². The summed E-state index contributed by atoms with van der Waals surface area (Å²) >= 11 is 0. The van der Waals surface area contributed by atoms with E-state index in [-0.39, 0.29) is 5.97 Å². The van der Waals surface area contributed by atoms with Crippen molar-refractivity contribution in [2.75, 3.05) is 24.6 Å². The van der Waals surface area contributed by atoms with Gasteiger partial charge in [-0.05, 0) is 36.6 Å². The molecule has 2 heterocycles. The SMILES string of the molecule is CCOC(=O)c1ccc(N2CC=C(c3ccccc3)CC2)nc1. The number of carbonyl (C=O) groups is 1. The van der Waals surface area contributed by atoms with Crippen LogP contribution in [0.15, 0.2) is 54.7 Å². The minimum absolute atomic E-state index is 0.323. The third kappa shape index (κ3) is 3.59. The standard InChI is InChI=1S/C19H20N2O2/c1-2-23-19(22)17-8-9-18(20-14-17)21-12-10-16(11-13-21)15-6-4-3-5-7-15/h3-10,14H,2,11-13H2,1H3. The van der Waals surface area contributed by atoms with Gasteiger partial charge in [-0.1, -0.05) is 36.4 Å². The van der Waals surface area contributed by atoms with Gasteiger partial charge in [-0.3, -0.25) is 0 Å². The van der Waals surface area contributed by atoms with Crippen molar-refractivity contribution in [1.29, 1.82) is 0 Å². The van der Waals surface area contributed by atoms with Crippen LogP contribution in [0.25, 0.3) is 5.57 Å². The molecule has 0 spiro atoms.